The minimum Gasteiger partial charge on any atom is -0.462 e. The molecule has 36 heavy (non-hydrogen) atoms. The fourth-order valence-corrected chi connectivity index (χ4v) is 6.45. The molecule has 0 aromatic heterocycles. The van der Waals surface area contributed by atoms with E-state index in [2.05, 4.69) is 4.99 Å². The van der Waals surface area contributed by atoms with Crippen LogP contribution >= 0.6 is 11.6 Å². The molecule has 2 aliphatic heterocycles. The number of sulfone groups is 1. The summed E-state index contributed by atoms with van der Waals surface area (Å²) in [6.07, 6.45) is 0.275. The maximum absolute atomic E-state index is 13.3. The molecule has 2 aliphatic rings. The van der Waals surface area contributed by atoms with Gasteiger partial charge in [-0.3, -0.25) is 4.99 Å². The molecule has 0 spiro atoms. The third kappa shape index (κ3) is 5.69. The van der Waals surface area contributed by atoms with Crippen LogP contribution in [0.3, 0.4) is 0 Å². The van der Waals surface area contributed by atoms with E-state index in [0.29, 0.717) is 27.6 Å². The Labute approximate surface area is 214 Å². The molecule has 2 atom stereocenters. The molecule has 2 aromatic rings. The van der Waals surface area contributed by atoms with Crippen LogP contribution in [-0.2, 0) is 28.8 Å². The van der Waals surface area contributed by atoms with E-state index in [-0.39, 0.29) is 44.2 Å². The number of carbonyl (C=O) groups excluding carboxylic acids is 2. The van der Waals surface area contributed by atoms with Crippen molar-refractivity contribution < 1.29 is 32.2 Å². The molecule has 0 radical (unpaired) electrons. The van der Waals surface area contributed by atoms with Gasteiger partial charge in [-0.15, -0.1) is 0 Å². The fourth-order valence-electron chi connectivity index (χ4n) is 4.36. The van der Waals surface area contributed by atoms with Gasteiger partial charge < -0.3 is 14.2 Å². The van der Waals surface area contributed by atoms with Crippen LogP contribution in [0.15, 0.2) is 70.9 Å². The average molecular weight is 532 g/mol. The van der Waals surface area contributed by atoms with Crippen molar-refractivity contribution in [2.24, 2.45) is 4.99 Å². The quantitative estimate of drug-likeness (QED) is 0.395. The van der Waals surface area contributed by atoms with Crippen molar-refractivity contribution in [1.82, 2.24) is 0 Å². The van der Waals surface area contributed by atoms with Crippen molar-refractivity contribution in [2.45, 2.75) is 24.5 Å². The van der Waals surface area contributed by atoms with Crippen LogP contribution < -0.4 is 0 Å². The first-order valence-electron chi connectivity index (χ1n) is 11.5. The van der Waals surface area contributed by atoms with Crippen molar-refractivity contribution in [3.63, 3.8) is 0 Å². The number of benzene rings is 2. The van der Waals surface area contributed by atoms with E-state index >= 15 is 0 Å². The maximum Gasteiger partial charge on any atom is 0.338 e. The minimum atomic E-state index is -3.70. The molecule has 0 aliphatic carbocycles. The fraction of sp³-hybridized carbons (Fsp3) is 0.346. The van der Waals surface area contributed by atoms with Crippen LogP contribution in [-0.4, -0.2) is 63.5 Å². The Bertz CT molecular complexity index is 1300. The molecule has 0 bridgehead atoms. The predicted molar refractivity (Wildman–Crippen MR) is 135 cm³/mol. The molecular formula is C26H26ClNO7S. The highest BCUT2D eigenvalue weighted by molar-refractivity contribution is 7.92. The first-order valence-corrected chi connectivity index (χ1v) is 13.6. The Morgan fingerprint density at radius 3 is 2.42 bits per heavy atom. The van der Waals surface area contributed by atoms with Gasteiger partial charge >= 0.3 is 11.9 Å². The largest absolute Gasteiger partial charge is 0.462 e. The summed E-state index contributed by atoms with van der Waals surface area (Å²) >= 11 is 6.48. The number of fused-ring (bicyclic) bond motifs is 1. The molecule has 10 heteroatoms. The molecule has 2 aromatic carbocycles. The van der Waals surface area contributed by atoms with Crippen LogP contribution in [0.2, 0.25) is 5.02 Å². The van der Waals surface area contributed by atoms with Crippen LogP contribution in [0, 0.1) is 0 Å². The van der Waals surface area contributed by atoms with Crippen LogP contribution in [0.25, 0.3) is 0 Å². The highest BCUT2D eigenvalue weighted by atomic mass is 35.5. The van der Waals surface area contributed by atoms with Gasteiger partial charge in [0.15, 0.2) is 9.84 Å². The number of halogens is 1. The second-order valence-corrected chi connectivity index (χ2v) is 11.1. The van der Waals surface area contributed by atoms with Gasteiger partial charge in [0.25, 0.3) is 0 Å². The van der Waals surface area contributed by atoms with Gasteiger partial charge in [-0.05, 0) is 30.7 Å². The smallest absolute Gasteiger partial charge is 0.338 e. The third-order valence-corrected chi connectivity index (χ3v) is 8.41. The summed E-state index contributed by atoms with van der Waals surface area (Å²) in [4.78, 5) is 29.8. The third-order valence-electron chi connectivity index (χ3n) is 6.02. The molecule has 1 fully saturated rings. The van der Waals surface area contributed by atoms with Gasteiger partial charge in [0.2, 0.25) is 0 Å². The van der Waals surface area contributed by atoms with Gasteiger partial charge in [0, 0.05) is 23.1 Å². The lowest BCUT2D eigenvalue weighted by molar-refractivity contribution is -0.139. The average Bonchev–Trinajstić information content (AvgIpc) is 3.01. The Kier molecular flexibility index (Phi) is 8.23. The topological polar surface area (TPSA) is 108 Å². The SMILES string of the molecule is CC1=C(C(=O)OCCCOC(=O)c2ccccc2)C(c2ccccc2Cl)C2C(=N1)COCCS2(=O)=O. The summed E-state index contributed by atoms with van der Waals surface area (Å²) in [5.41, 5.74) is 1.78. The maximum atomic E-state index is 13.3. The number of hydrogen-bond donors (Lipinski definition) is 0. The summed E-state index contributed by atoms with van der Waals surface area (Å²) < 4.78 is 42.7. The van der Waals surface area contributed by atoms with Crippen LogP contribution in [0.4, 0.5) is 0 Å². The number of aliphatic imine (C=N–C) groups is 1. The molecule has 0 saturated carbocycles. The number of nitrogens with zero attached hydrogens (tertiary/aromatic N) is 1. The number of esters is 2. The van der Waals surface area contributed by atoms with Gasteiger partial charge in [-0.2, -0.15) is 0 Å². The molecule has 190 valence electrons. The summed E-state index contributed by atoms with van der Waals surface area (Å²) in [5.74, 6) is -2.23. The summed E-state index contributed by atoms with van der Waals surface area (Å²) in [7, 11) is -3.70. The van der Waals surface area contributed by atoms with E-state index in [0.717, 1.165) is 0 Å². The lowest BCUT2D eigenvalue weighted by Gasteiger charge is -2.32. The van der Waals surface area contributed by atoms with E-state index in [1.165, 1.54) is 0 Å². The normalized spacial score (nSPS) is 21.1. The van der Waals surface area contributed by atoms with Crippen LogP contribution in [0.5, 0.6) is 0 Å². The Hall–Kier alpha value is -3.01. The number of rotatable bonds is 7. The minimum absolute atomic E-state index is 0.0238. The second kappa shape index (κ2) is 11.4. The molecule has 0 N–H and O–H groups in total. The number of carbonyl (C=O) groups is 2. The zero-order chi connectivity index (χ0) is 25.7. The van der Waals surface area contributed by atoms with Crippen molar-refractivity contribution in [1.29, 1.82) is 0 Å². The lowest BCUT2D eigenvalue weighted by Crippen LogP contribution is -2.42. The monoisotopic (exact) mass is 531 g/mol. The number of hydrogen-bond acceptors (Lipinski definition) is 8. The van der Waals surface area contributed by atoms with Gasteiger partial charge in [-0.25, -0.2) is 18.0 Å². The molecule has 2 unspecified atom stereocenters. The number of allylic oxidation sites excluding steroid dienone is 1. The van der Waals surface area contributed by atoms with Gasteiger partial charge in [0.05, 0.1) is 49.0 Å². The Balaban J connectivity index is 1.52. The zero-order valence-corrected chi connectivity index (χ0v) is 21.3. The van der Waals surface area contributed by atoms with Crippen molar-refractivity contribution in [3.05, 3.63) is 82.0 Å². The van der Waals surface area contributed by atoms with E-state index in [1.807, 2.05) is 0 Å². The van der Waals surface area contributed by atoms with Gasteiger partial charge in [-0.1, -0.05) is 48.0 Å². The van der Waals surface area contributed by atoms with Crippen LogP contribution in [0.1, 0.15) is 35.2 Å². The van der Waals surface area contributed by atoms with E-state index in [4.69, 9.17) is 25.8 Å². The second-order valence-electron chi connectivity index (χ2n) is 8.43. The van der Waals surface area contributed by atoms with E-state index in [9.17, 15) is 18.0 Å². The van der Waals surface area contributed by atoms with Gasteiger partial charge in [0.1, 0.15) is 5.25 Å². The standard InChI is InChI=1S/C26H26ClNO7S/c1-17-22(26(30)35-13-7-12-34-25(29)18-8-3-2-4-9-18)23(19-10-5-6-11-20(19)27)24-21(28-17)16-33-14-15-36(24,31)32/h2-6,8-11,23-24H,7,12-16H2,1H3. The first kappa shape index (κ1) is 26.1. The van der Waals surface area contributed by atoms with E-state index in [1.54, 1.807) is 61.5 Å². The first-order chi connectivity index (χ1) is 17.3. The van der Waals surface area contributed by atoms with E-state index < -0.39 is 32.9 Å². The predicted octanol–water partition coefficient (Wildman–Crippen LogP) is 3.76. The summed E-state index contributed by atoms with van der Waals surface area (Å²) in [6, 6.07) is 15.4. The van der Waals surface area contributed by atoms with Crippen molar-refractivity contribution >= 4 is 39.1 Å². The summed E-state index contributed by atoms with van der Waals surface area (Å²) in [5, 5.41) is -0.743. The Morgan fingerprint density at radius 2 is 1.69 bits per heavy atom. The summed E-state index contributed by atoms with van der Waals surface area (Å²) in [6.45, 7) is 1.78. The molecule has 8 nitrogen and oxygen atoms in total. The highest BCUT2D eigenvalue weighted by Gasteiger charge is 2.47. The van der Waals surface area contributed by atoms with Crippen molar-refractivity contribution in [3.8, 4) is 0 Å². The zero-order valence-electron chi connectivity index (χ0n) is 19.7. The molecular weight excluding hydrogens is 506 g/mol. The molecule has 4 rings (SSSR count). The Morgan fingerprint density at radius 1 is 1.03 bits per heavy atom. The molecule has 0 amide bonds. The lowest BCUT2D eigenvalue weighted by atomic mass is 9.83. The molecule has 2 heterocycles. The number of ether oxygens (including phenoxy) is 3. The van der Waals surface area contributed by atoms with Crippen molar-refractivity contribution in [2.75, 3.05) is 32.2 Å². The highest BCUT2D eigenvalue weighted by Crippen LogP contribution is 2.42. The molecule has 1 saturated heterocycles.